The molecule has 4 nitrogen and oxygen atoms in total. The van der Waals surface area contributed by atoms with E-state index >= 15 is 0 Å². The van der Waals surface area contributed by atoms with Crippen LogP contribution >= 0.6 is 0 Å². The summed E-state index contributed by atoms with van der Waals surface area (Å²) in [6.07, 6.45) is 1.19. The first-order valence-corrected chi connectivity index (χ1v) is 7.45. The van der Waals surface area contributed by atoms with E-state index in [0.29, 0.717) is 6.42 Å². The van der Waals surface area contributed by atoms with Crippen LogP contribution < -0.4 is 11.1 Å². The number of rotatable bonds is 6. The summed E-state index contributed by atoms with van der Waals surface area (Å²) in [6, 6.07) is 7.83. The van der Waals surface area contributed by atoms with E-state index in [-0.39, 0.29) is 17.4 Å². The molecule has 4 heteroatoms. The third kappa shape index (κ3) is 7.83. The molecule has 0 heterocycles. The second kappa shape index (κ2) is 7.57. The first-order valence-electron chi connectivity index (χ1n) is 7.45. The zero-order chi connectivity index (χ0) is 16.0. The normalized spacial score (nSPS) is 13.3. The van der Waals surface area contributed by atoms with Gasteiger partial charge in [0.2, 0.25) is 5.91 Å². The molecule has 0 saturated carbocycles. The summed E-state index contributed by atoms with van der Waals surface area (Å²) in [5, 5.41) is 2.93. The summed E-state index contributed by atoms with van der Waals surface area (Å²) in [5.41, 5.74) is 8.20. The summed E-state index contributed by atoms with van der Waals surface area (Å²) in [5.74, 6) is -0.0197. The average molecular weight is 291 g/mol. The van der Waals surface area contributed by atoms with Gasteiger partial charge in [-0.15, -0.1) is 0 Å². The van der Waals surface area contributed by atoms with Crippen molar-refractivity contribution in [3.05, 3.63) is 29.8 Å². The van der Waals surface area contributed by atoms with Crippen LogP contribution in [-0.4, -0.2) is 30.9 Å². The van der Waals surface area contributed by atoms with Crippen molar-refractivity contribution in [3.63, 3.8) is 0 Å². The van der Waals surface area contributed by atoms with E-state index in [1.54, 1.807) is 0 Å². The Balaban J connectivity index is 2.55. The number of benzene rings is 1. The molecule has 118 valence electrons. The minimum Gasteiger partial charge on any atom is -0.327 e. The van der Waals surface area contributed by atoms with Gasteiger partial charge in [0.05, 0.1) is 0 Å². The highest BCUT2D eigenvalue weighted by molar-refractivity contribution is 5.91. The molecular formula is C17H29N3O. The molecule has 0 aromatic heterocycles. The lowest BCUT2D eigenvalue weighted by molar-refractivity contribution is -0.116. The maximum absolute atomic E-state index is 12.0. The monoisotopic (exact) mass is 291 g/mol. The van der Waals surface area contributed by atoms with E-state index in [0.717, 1.165) is 18.7 Å². The van der Waals surface area contributed by atoms with Crippen LogP contribution in [0.5, 0.6) is 0 Å². The van der Waals surface area contributed by atoms with E-state index in [1.165, 1.54) is 5.56 Å². The van der Waals surface area contributed by atoms with Crippen LogP contribution in [0, 0.1) is 5.41 Å². The number of nitrogens with two attached hydrogens (primary N) is 1. The average Bonchev–Trinajstić information content (AvgIpc) is 2.24. The molecule has 0 aliphatic carbocycles. The first-order chi connectivity index (χ1) is 9.65. The molecule has 0 aliphatic rings. The van der Waals surface area contributed by atoms with E-state index < -0.39 is 0 Å². The van der Waals surface area contributed by atoms with Gasteiger partial charge in [0, 0.05) is 24.7 Å². The fourth-order valence-corrected chi connectivity index (χ4v) is 2.42. The zero-order valence-electron chi connectivity index (χ0n) is 13.9. The molecule has 0 spiro atoms. The molecule has 1 aromatic carbocycles. The molecule has 0 aliphatic heterocycles. The minimum atomic E-state index is -0.102. The highest BCUT2D eigenvalue weighted by Crippen LogP contribution is 2.21. The van der Waals surface area contributed by atoms with Crippen LogP contribution in [0.3, 0.4) is 0 Å². The van der Waals surface area contributed by atoms with Crippen molar-refractivity contribution in [1.82, 2.24) is 4.90 Å². The summed E-state index contributed by atoms with van der Waals surface area (Å²) in [6.45, 7) is 7.26. The van der Waals surface area contributed by atoms with Gasteiger partial charge >= 0.3 is 0 Å². The second-order valence-corrected chi connectivity index (χ2v) is 7.22. The molecule has 0 radical (unpaired) electrons. The Labute approximate surface area is 128 Å². The van der Waals surface area contributed by atoms with E-state index in [1.807, 2.05) is 32.3 Å². The van der Waals surface area contributed by atoms with Crippen molar-refractivity contribution in [1.29, 1.82) is 0 Å². The van der Waals surface area contributed by atoms with E-state index in [9.17, 15) is 4.79 Å². The van der Waals surface area contributed by atoms with Gasteiger partial charge in [-0.1, -0.05) is 32.9 Å². The smallest absolute Gasteiger partial charge is 0.225 e. The van der Waals surface area contributed by atoms with Gasteiger partial charge in [-0.05, 0) is 43.6 Å². The number of nitrogens with one attached hydrogen (secondary N) is 1. The highest BCUT2D eigenvalue weighted by atomic mass is 16.1. The van der Waals surface area contributed by atoms with Crippen molar-refractivity contribution in [2.24, 2.45) is 11.1 Å². The number of hydrogen-bond acceptors (Lipinski definition) is 3. The van der Waals surface area contributed by atoms with Crippen molar-refractivity contribution >= 4 is 11.6 Å². The van der Waals surface area contributed by atoms with Gasteiger partial charge < -0.3 is 16.0 Å². The number of nitrogens with zero attached hydrogens (tertiary/aromatic N) is 1. The molecule has 0 saturated heterocycles. The van der Waals surface area contributed by atoms with Crippen molar-refractivity contribution in [3.8, 4) is 0 Å². The van der Waals surface area contributed by atoms with E-state index in [4.69, 9.17) is 5.73 Å². The second-order valence-electron chi connectivity index (χ2n) is 7.22. The lowest BCUT2D eigenvalue weighted by atomic mass is 9.87. The van der Waals surface area contributed by atoms with Gasteiger partial charge in [-0.2, -0.15) is 0 Å². The van der Waals surface area contributed by atoms with E-state index in [2.05, 4.69) is 37.1 Å². The maximum Gasteiger partial charge on any atom is 0.225 e. The number of hydrogen-bond donors (Lipinski definition) is 2. The SMILES string of the molecule is CN(C)Cc1cccc(NC(=O)CC(N)CC(C)(C)C)c1. The Bertz CT molecular complexity index is 463. The largest absolute Gasteiger partial charge is 0.327 e. The molecule has 1 amide bonds. The first kappa shape index (κ1) is 17.7. The molecule has 1 rings (SSSR count). The topological polar surface area (TPSA) is 58.4 Å². The Hall–Kier alpha value is -1.39. The fraction of sp³-hybridized carbons (Fsp3) is 0.588. The van der Waals surface area contributed by atoms with Crippen LogP contribution in [-0.2, 0) is 11.3 Å². The number of carbonyl (C=O) groups is 1. The molecule has 3 N–H and O–H groups in total. The third-order valence-electron chi connectivity index (χ3n) is 3.03. The van der Waals surface area contributed by atoms with Gasteiger partial charge in [0.25, 0.3) is 0 Å². The van der Waals surface area contributed by atoms with Crippen molar-refractivity contribution < 1.29 is 4.79 Å². The standard InChI is InChI=1S/C17H29N3O/c1-17(2,3)11-14(18)10-16(21)19-15-8-6-7-13(9-15)12-20(4)5/h6-9,14H,10-12,18H2,1-5H3,(H,19,21). The quantitative estimate of drug-likeness (QED) is 0.847. The summed E-state index contributed by atoms with van der Waals surface area (Å²) in [4.78, 5) is 14.1. The summed E-state index contributed by atoms with van der Waals surface area (Å²) >= 11 is 0. The summed E-state index contributed by atoms with van der Waals surface area (Å²) < 4.78 is 0. The van der Waals surface area contributed by atoms with Crippen molar-refractivity contribution in [2.45, 2.75) is 46.2 Å². The van der Waals surface area contributed by atoms with Gasteiger partial charge in [-0.25, -0.2) is 0 Å². The van der Waals surface area contributed by atoms with Crippen molar-refractivity contribution in [2.75, 3.05) is 19.4 Å². The predicted molar refractivity (Wildman–Crippen MR) is 89.1 cm³/mol. The Morgan fingerprint density at radius 1 is 1.33 bits per heavy atom. The molecule has 21 heavy (non-hydrogen) atoms. The molecule has 0 bridgehead atoms. The Morgan fingerprint density at radius 2 is 2.00 bits per heavy atom. The van der Waals surface area contributed by atoms with Crippen LogP contribution in [0.15, 0.2) is 24.3 Å². The summed E-state index contributed by atoms with van der Waals surface area (Å²) in [7, 11) is 4.05. The van der Waals surface area contributed by atoms with Crippen LogP contribution in [0.1, 0.15) is 39.2 Å². The van der Waals surface area contributed by atoms with Crippen LogP contribution in [0.2, 0.25) is 0 Å². The zero-order valence-corrected chi connectivity index (χ0v) is 13.9. The number of amides is 1. The van der Waals surface area contributed by atoms with Gasteiger partial charge in [-0.3, -0.25) is 4.79 Å². The molecular weight excluding hydrogens is 262 g/mol. The molecule has 1 unspecified atom stereocenters. The van der Waals surface area contributed by atoms with Gasteiger partial charge in [0.15, 0.2) is 0 Å². The highest BCUT2D eigenvalue weighted by Gasteiger charge is 2.18. The van der Waals surface area contributed by atoms with Crippen LogP contribution in [0.4, 0.5) is 5.69 Å². The third-order valence-corrected chi connectivity index (χ3v) is 3.03. The lowest BCUT2D eigenvalue weighted by Gasteiger charge is -2.22. The Morgan fingerprint density at radius 3 is 2.57 bits per heavy atom. The number of anilines is 1. The molecule has 1 aromatic rings. The fourth-order valence-electron chi connectivity index (χ4n) is 2.42. The van der Waals surface area contributed by atoms with Crippen LogP contribution in [0.25, 0.3) is 0 Å². The predicted octanol–water partition coefficient (Wildman–Crippen LogP) is 2.84. The Kier molecular flexibility index (Phi) is 6.37. The maximum atomic E-state index is 12.0. The molecule has 0 fully saturated rings. The minimum absolute atomic E-state index is 0.0197. The van der Waals surface area contributed by atoms with Gasteiger partial charge in [0.1, 0.15) is 0 Å². The number of carbonyl (C=O) groups excluding carboxylic acids is 1. The molecule has 1 atom stereocenters. The lowest BCUT2D eigenvalue weighted by Crippen LogP contribution is -2.31.